The van der Waals surface area contributed by atoms with E-state index < -0.39 is 0 Å². The lowest BCUT2D eigenvalue weighted by Gasteiger charge is -2.42. The highest BCUT2D eigenvalue weighted by Gasteiger charge is 2.36. The van der Waals surface area contributed by atoms with Gasteiger partial charge in [0.15, 0.2) is 0 Å². The minimum Gasteiger partial charge on any atom is -0.351 e. The normalized spacial score (nSPS) is 19.6. The lowest BCUT2D eigenvalue weighted by Crippen LogP contribution is -2.53. The molecule has 0 spiro atoms. The summed E-state index contributed by atoms with van der Waals surface area (Å²) >= 11 is 0. The number of carbonyl (C=O) groups excluding carboxylic acids is 1. The van der Waals surface area contributed by atoms with E-state index in [4.69, 9.17) is 5.73 Å². The number of hydrogen-bond acceptors (Lipinski definition) is 2. The highest BCUT2D eigenvalue weighted by molar-refractivity contribution is 5.76. The van der Waals surface area contributed by atoms with E-state index in [0.717, 1.165) is 32.1 Å². The third-order valence-electron chi connectivity index (χ3n) is 4.85. The van der Waals surface area contributed by atoms with E-state index in [1.807, 2.05) is 0 Å². The fraction of sp³-hybridized carbons (Fsp3) is 0.938. The molecule has 3 heteroatoms. The van der Waals surface area contributed by atoms with E-state index in [9.17, 15) is 4.79 Å². The van der Waals surface area contributed by atoms with Crippen molar-refractivity contribution in [3.63, 3.8) is 0 Å². The van der Waals surface area contributed by atoms with Gasteiger partial charge in [-0.05, 0) is 56.4 Å². The number of amides is 1. The van der Waals surface area contributed by atoms with Crippen molar-refractivity contribution in [3.05, 3.63) is 0 Å². The summed E-state index contributed by atoms with van der Waals surface area (Å²) in [6.45, 7) is 9.61. The van der Waals surface area contributed by atoms with Crippen molar-refractivity contribution in [2.45, 2.75) is 78.2 Å². The Kier molecular flexibility index (Phi) is 5.84. The molecule has 1 aliphatic carbocycles. The zero-order chi connectivity index (χ0) is 14.5. The first-order chi connectivity index (χ1) is 8.83. The van der Waals surface area contributed by atoms with E-state index in [2.05, 4.69) is 33.0 Å². The van der Waals surface area contributed by atoms with E-state index >= 15 is 0 Å². The summed E-state index contributed by atoms with van der Waals surface area (Å²) in [5.41, 5.74) is 6.05. The van der Waals surface area contributed by atoms with Crippen molar-refractivity contribution >= 4 is 5.91 Å². The van der Waals surface area contributed by atoms with Crippen LogP contribution in [0.15, 0.2) is 0 Å². The summed E-state index contributed by atoms with van der Waals surface area (Å²) in [4.78, 5) is 12.1. The van der Waals surface area contributed by atoms with Crippen LogP contribution in [-0.2, 0) is 4.79 Å². The standard InChI is InChI=1S/C16H32N2O/c1-5-16(10-6-11-16)18-14(19)8-7-13(9-12-17)15(2,3)4/h13H,5-12,17H2,1-4H3,(H,18,19). The van der Waals surface area contributed by atoms with Gasteiger partial charge in [-0.3, -0.25) is 4.79 Å². The van der Waals surface area contributed by atoms with Gasteiger partial charge in [0, 0.05) is 12.0 Å². The van der Waals surface area contributed by atoms with Crippen LogP contribution >= 0.6 is 0 Å². The average molecular weight is 268 g/mol. The summed E-state index contributed by atoms with van der Waals surface area (Å²) in [6.07, 6.45) is 7.23. The Labute approximate surface area is 118 Å². The molecule has 1 atom stereocenters. The highest BCUT2D eigenvalue weighted by Crippen LogP contribution is 2.35. The van der Waals surface area contributed by atoms with Gasteiger partial charge in [-0.25, -0.2) is 0 Å². The minimum atomic E-state index is 0.127. The Morgan fingerprint density at radius 1 is 1.32 bits per heavy atom. The summed E-state index contributed by atoms with van der Waals surface area (Å²) in [6, 6.07) is 0. The van der Waals surface area contributed by atoms with Crippen molar-refractivity contribution in [2.24, 2.45) is 17.1 Å². The van der Waals surface area contributed by atoms with Crippen LogP contribution < -0.4 is 11.1 Å². The van der Waals surface area contributed by atoms with E-state index in [-0.39, 0.29) is 16.9 Å². The molecule has 19 heavy (non-hydrogen) atoms. The van der Waals surface area contributed by atoms with Crippen molar-refractivity contribution in [1.29, 1.82) is 0 Å². The molecular weight excluding hydrogens is 236 g/mol. The molecule has 0 aliphatic heterocycles. The SMILES string of the molecule is CCC1(NC(=O)CCC(CCN)C(C)(C)C)CCC1. The molecule has 1 rings (SSSR count). The van der Waals surface area contributed by atoms with Crippen LogP contribution in [0.4, 0.5) is 0 Å². The number of rotatable bonds is 7. The Morgan fingerprint density at radius 3 is 2.32 bits per heavy atom. The molecule has 1 aliphatic rings. The first-order valence-electron chi connectivity index (χ1n) is 7.84. The molecule has 1 unspecified atom stereocenters. The minimum absolute atomic E-state index is 0.127. The highest BCUT2D eigenvalue weighted by atomic mass is 16.1. The second-order valence-corrected chi connectivity index (χ2v) is 7.21. The molecule has 0 aromatic carbocycles. The fourth-order valence-corrected chi connectivity index (χ4v) is 3.05. The van der Waals surface area contributed by atoms with Crippen LogP contribution in [0.2, 0.25) is 0 Å². The second kappa shape index (κ2) is 6.74. The van der Waals surface area contributed by atoms with Gasteiger partial charge < -0.3 is 11.1 Å². The lowest BCUT2D eigenvalue weighted by atomic mass is 9.74. The molecular formula is C16H32N2O. The molecule has 0 bridgehead atoms. The van der Waals surface area contributed by atoms with Gasteiger partial charge in [0.2, 0.25) is 5.91 Å². The molecule has 0 radical (unpaired) electrons. The zero-order valence-corrected chi connectivity index (χ0v) is 13.2. The number of hydrogen-bond donors (Lipinski definition) is 2. The molecule has 112 valence electrons. The molecule has 0 saturated heterocycles. The second-order valence-electron chi connectivity index (χ2n) is 7.21. The third-order valence-corrected chi connectivity index (χ3v) is 4.85. The van der Waals surface area contributed by atoms with E-state index in [1.54, 1.807) is 0 Å². The molecule has 1 amide bonds. The predicted molar refractivity (Wildman–Crippen MR) is 80.9 cm³/mol. The number of nitrogens with one attached hydrogen (secondary N) is 1. The van der Waals surface area contributed by atoms with Crippen LogP contribution in [0.1, 0.15) is 72.6 Å². The molecule has 0 aromatic heterocycles. The molecule has 3 N–H and O–H groups in total. The molecule has 0 aromatic rings. The van der Waals surface area contributed by atoms with Gasteiger partial charge >= 0.3 is 0 Å². The average Bonchev–Trinajstić information content (AvgIpc) is 2.27. The van der Waals surface area contributed by atoms with Crippen molar-refractivity contribution in [2.75, 3.05) is 6.54 Å². The fourth-order valence-electron chi connectivity index (χ4n) is 3.05. The third kappa shape index (κ3) is 4.79. The van der Waals surface area contributed by atoms with Gasteiger partial charge in [0.1, 0.15) is 0 Å². The molecule has 1 fully saturated rings. The molecule has 3 nitrogen and oxygen atoms in total. The smallest absolute Gasteiger partial charge is 0.220 e. The molecule has 1 saturated carbocycles. The first-order valence-corrected chi connectivity index (χ1v) is 7.84. The van der Waals surface area contributed by atoms with Crippen LogP contribution in [0, 0.1) is 11.3 Å². The van der Waals surface area contributed by atoms with Gasteiger partial charge in [-0.2, -0.15) is 0 Å². The summed E-state index contributed by atoms with van der Waals surface area (Å²) < 4.78 is 0. The van der Waals surface area contributed by atoms with Gasteiger partial charge in [0.05, 0.1) is 0 Å². The Hall–Kier alpha value is -0.570. The molecule has 0 heterocycles. The largest absolute Gasteiger partial charge is 0.351 e. The Balaban J connectivity index is 2.39. The summed E-state index contributed by atoms with van der Waals surface area (Å²) in [5.74, 6) is 0.759. The maximum atomic E-state index is 12.1. The van der Waals surface area contributed by atoms with Gasteiger partial charge in [0.25, 0.3) is 0 Å². The van der Waals surface area contributed by atoms with Crippen LogP contribution in [-0.4, -0.2) is 18.0 Å². The monoisotopic (exact) mass is 268 g/mol. The summed E-state index contributed by atoms with van der Waals surface area (Å²) in [7, 11) is 0. The topological polar surface area (TPSA) is 55.1 Å². The van der Waals surface area contributed by atoms with Crippen LogP contribution in [0.5, 0.6) is 0 Å². The maximum absolute atomic E-state index is 12.1. The van der Waals surface area contributed by atoms with E-state index in [0.29, 0.717) is 18.9 Å². The van der Waals surface area contributed by atoms with Gasteiger partial charge in [-0.15, -0.1) is 0 Å². The number of carbonyl (C=O) groups is 1. The van der Waals surface area contributed by atoms with Crippen molar-refractivity contribution in [3.8, 4) is 0 Å². The number of nitrogens with two attached hydrogens (primary N) is 1. The van der Waals surface area contributed by atoms with Crippen molar-refractivity contribution in [1.82, 2.24) is 5.32 Å². The summed E-state index contributed by atoms with van der Waals surface area (Å²) in [5, 5.41) is 3.26. The lowest BCUT2D eigenvalue weighted by molar-refractivity contribution is -0.124. The first kappa shape index (κ1) is 16.5. The van der Waals surface area contributed by atoms with Gasteiger partial charge in [-0.1, -0.05) is 27.7 Å². The Bertz CT molecular complexity index is 284. The predicted octanol–water partition coefficient (Wildman–Crippen LogP) is 3.23. The van der Waals surface area contributed by atoms with Crippen LogP contribution in [0.3, 0.4) is 0 Å². The van der Waals surface area contributed by atoms with Crippen LogP contribution in [0.25, 0.3) is 0 Å². The quantitative estimate of drug-likeness (QED) is 0.745. The maximum Gasteiger partial charge on any atom is 0.220 e. The zero-order valence-electron chi connectivity index (χ0n) is 13.2. The van der Waals surface area contributed by atoms with Crippen molar-refractivity contribution < 1.29 is 4.79 Å². The Morgan fingerprint density at radius 2 is 1.95 bits per heavy atom. The van der Waals surface area contributed by atoms with E-state index in [1.165, 1.54) is 6.42 Å².